The van der Waals surface area contributed by atoms with Gasteiger partial charge in [0.2, 0.25) is 5.91 Å². The summed E-state index contributed by atoms with van der Waals surface area (Å²) < 4.78 is 1.72. The number of aromatic nitrogens is 4. The zero-order chi connectivity index (χ0) is 20.6. The number of hydrogen-bond acceptors (Lipinski definition) is 5. The Morgan fingerprint density at radius 1 is 1.07 bits per heavy atom. The third-order valence-electron chi connectivity index (χ3n) is 4.60. The second-order valence-electron chi connectivity index (χ2n) is 7.94. The fraction of sp³-hybridized carbons (Fsp3) is 0.273. The first kappa shape index (κ1) is 19.4. The van der Waals surface area contributed by atoms with Crippen LogP contribution in [-0.2, 0) is 10.2 Å². The Morgan fingerprint density at radius 2 is 1.79 bits per heavy atom. The van der Waals surface area contributed by atoms with E-state index in [4.69, 9.17) is 4.98 Å². The van der Waals surface area contributed by atoms with E-state index in [1.807, 2.05) is 49.4 Å². The van der Waals surface area contributed by atoms with Crippen LogP contribution in [0.2, 0.25) is 0 Å². The van der Waals surface area contributed by atoms with E-state index in [1.165, 1.54) is 11.8 Å². The maximum Gasteiger partial charge on any atom is 0.234 e. The minimum Gasteiger partial charge on any atom is -0.325 e. The van der Waals surface area contributed by atoms with Crippen molar-refractivity contribution < 1.29 is 4.79 Å². The molecule has 0 spiro atoms. The number of amides is 1. The number of nitrogens with zero attached hydrogens (tertiary/aromatic N) is 4. The van der Waals surface area contributed by atoms with Gasteiger partial charge in [-0.2, -0.15) is 4.52 Å². The van der Waals surface area contributed by atoms with E-state index < -0.39 is 0 Å². The van der Waals surface area contributed by atoms with Gasteiger partial charge >= 0.3 is 0 Å². The summed E-state index contributed by atoms with van der Waals surface area (Å²) in [6.45, 7) is 8.26. The molecule has 2 aromatic carbocycles. The molecule has 0 unspecified atom stereocenters. The molecule has 0 saturated heterocycles. The van der Waals surface area contributed by atoms with Crippen molar-refractivity contribution in [1.29, 1.82) is 0 Å². The zero-order valence-corrected chi connectivity index (χ0v) is 17.7. The summed E-state index contributed by atoms with van der Waals surface area (Å²) in [6, 6.07) is 15.8. The highest BCUT2D eigenvalue weighted by molar-refractivity contribution is 7.99. The molecule has 4 rings (SSSR count). The number of benzene rings is 2. The summed E-state index contributed by atoms with van der Waals surface area (Å²) in [6.07, 6.45) is 0. The van der Waals surface area contributed by atoms with Crippen LogP contribution in [0.5, 0.6) is 0 Å². The predicted molar refractivity (Wildman–Crippen MR) is 118 cm³/mol. The van der Waals surface area contributed by atoms with Gasteiger partial charge in [0.05, 0.1) is 11.3 Å². The maximum absolute atomic E-state index is 12.7. The first-order valence-corrected chi connectivity index (χ1v) is 10.5. The van der Waals surface area contributed by atoms with Gasteiger partial charge in [-0.3, -0.25) is 4.79 Å². The van der Waals surface area contributed by atoms with Crippen molar-refractivity contribution in [2.24, 2.45) is 0 Å². The van der Waals surface area contributed by atoms with E-state index in [1.54, 1.807) is 4.52 Å². The zero-order valence-electron chi connectivity index (χ0n) is 16.9. The van der Waals surface area contributed by atoms with Crippen LogP contribution in [0.1, 0.15) is 32.2 Å². The van der Waals surface area contributed by atoms with Crippen molar-refractivity contribution in [3.05, 3.63) is 59.9 Å². The number of anilines is 1. The quantitative estimate of drug-likeness (QED) is 0.396. The summed E-state index contributed by atoms with van der Waals surface area (Å²) >= 11 is 1.36. The Hall–Kier alpha value is -2.93. The highest BCUT2D eigenvalue weighted by atomic mass is 32.2. The van der Waals surface area contributed by atoms with Gasteiger partial charge < -0.3 is 5.32 Å². The smallest absolute Gasteiger partial charge is 0.234 e. The normalized spacial score (nSPS) is 11.9. The average molecular weight is 406 g/mol. The molecule has 0 saturated carbocycles. The number of carbonyl (C=O) groups is 1. The first-order chi connectivity index (χ1) is 13.8. The molecule has 4 aromatic rings. The van der Waals surface area contributed by atoms with E-state index in [-0.39, 0.29) is 17.1 Å². The fourth-order valence-corrected chi connectivity index (χ4v) is 4.03. The van der Waals surface area contributed by atoms with Gasteiger partial charge in [-0.15, -0.1) is 5.10 Å². The van der Waals surface area contributed by atoms with E-state index in [9.17, 15) is 4.79 Å². The molecule has 7 heteroatoms. The summed E-state index contributed by atoms with van der Waals surface area (Å²) in [4.78, 5) is 21.9. The molecule has 0 aliphatic rings. The number of hydrogen-bond donors (Lipinski definition) is 1. The Labute approximate surface area is 173 Å². The third kappa shape index (κ3) is 3.96. The molecule has 0 radical (unpaired) electrons. The van der Waals surface area contributed by atoms with Crippen LogP contribution in [0.4, 0.5) is 5.69 Å². The lowest BCUT2D eigenvalue weighted by molar-refractivity contribution is -0.113. The van der Waals surface area contributed by atoms with Crippen molar-refractivity contribution in [3.8, 4) is 0 Å². The number of thioether (sulfide) groups is 1. The number of nitrogens with one attached hydrogen (secondary N) is 1. The number of fused-ring (bicyclic) bond motifs is 3. The molecule has 6 nitrogen and oxygen atoms in total. The van der Waals surface area contributed by atoms with Crippen molar-refractivity contribution in [2.45, 2.75) is 38.3 Å². The molecule has 0 fully saturated rings. The van der Waals surface area contributed by atoms with E-state index in [0.717, 1.165) is 27.8 Å². The SMILES string of the molecule is Cc1nc2c3ccccc3nc(SCC(=O)Nc3ccccc3C(C)(C)C)n2n1. The summed E-state index contributed by atoms with van der Waals surface area (Å²) in [5.41, 5.74) is 3.50. The van der Waals surface area contributed by atoms with Crippen molar-refractivity contribution in [3.63, 3.8) is 0 Å². The highest BCUT2D eigenvalue weighted by Gasteiger charge is 2.19. The Kier molecular flexibility index (Phi) is 5.00. The van der Waals surface area contributed by atoms with Gasteiger partial charge in [0.15, 0.2) is 10.8 Å². The lowest BCUT2D eigenvalue weighted by Gasteiger charge is -2.22. The minimum atomic E-state index is -0.0772. The molecule has 0 atom stereocenters. The molecule has 148 valence electrons. The van der Waals surface area contributed by atoms with Crippen LogP contribution < -0.4 is 5.32 Å². The Morgan fingerprint density at radius 3 is 2.59 bits per heavy atom. The van der Waals surface area contributed by atoms with Crippen LogP contribution >= 0.6 is 11.8 Å². The van der Waals surface area contributed by atoms with Crippen LogP contribution in [0.15, 0.2) is 53.7 Å². The van der Waals surface area contributed by atoms with Gasteiger partial charge in [-0.1, -0.05) is 62.9 Å². The van der Waals surface area contributed by atoms with Gasteiger partial charge in [0.25, 0.3) is 0 Å². The minimum absolute atomic E-state index is 0.0542. The second kappa shape index (κ2) is 7.48. The molecule has 29 heavy (non-hydrogen) atoms. The van der Waals surface area contributed by atoms with Crippen LogP contribution in [0.25, 0.3) is 16.6 Å². The monoisotopic (exact) mass is 405 g/mol. The van der Waals surface area contributed by atoms with Crippen molar-refractivity contribution >= 4 is 39.9 Å². The fourth-order valence-electron chi connectivity index (χ4n) is 3.29. The molecular formula is C22H23N5OS. The maximum atomic E-state index is 12.7. The summed E-state index contributed by atoms with van der Waals surface area (Å²) in [5, 5.41) is 9.10. The standard InChI is InChI=1S/C22H23N5OS/c1-14-23-20-15-9-5-7-11-17(15)25-21(27(20)26-14)29-13-19(28)24-18-12-8-6-10-16(18)22(2,3)4/h5-12H,13H2,1-4H3,(H,24,28). The third-order valence-corrected chi connectivity index (χ3v) is 5.53. The molecule has 2 aromatic heterocycles. The lowest BCUT2D eigenvalue weighted by Crippen LogP contribution is -2.20. The van der Waals surface area contributed by atoms with Gasteiger partial charge in [0.1, 0.15) is 5.82 Å². The molecular weight excluding hydrogens is 382 g/mol. The lowest BCUT2D eigenvalue weighted by atomic mass is 9.86. The summed E-state index contributed by atoms with van der Waals surface area (Å²) in [5.74, 6) is 0.831. The Balaban J connectivity index is 1.58. The average Bonchev–Trinajstić information content (AvgIpc) is 3.07. The van der Waals surface area contributed by atoms with Crippen molar-refractivity contribution in [2.75, 3.05) is 11.1 Å². The largest absolute Gasteiger partial charge is 0.325 e. The first-order valence-electron chi connectivity index (χ1n) is 9.47. The van der Waals surface area contributed by atoms with Gasteiger partial charge in [-0.25, -0.2) is 9.97 Å². The van der Waals surface area contributed by atoms with Crippen molar-refractivity contribution in [1.82, 2.24) is 19.6 Å². The van der Waals surface area contributed by atoms with E-state index in [2.05, 4.69) is 42.2 Å². The molecule has 0 aliphatic carbocycles. The molecule has 1 N–H and O–H groups in total. The second-order valence-corrected chi connectivity index (χ2v) is 8.88. The molecule has 1 amide bonds. The number of para-hydroxylation sites is 2. The number of aryl methyl sites for hydroxylation is 1. The number of rotatable bonds is 4. The summed E-state index contributed by atoms with van der Waals surface area (Å²) in [7, 11) is 0. The Bertz CT molecular complexity index is 1210. The molecule has 0 aliphatic heterocycles. The number of carbonyl (C=O) groups excluding carboxylic acids is 1. The van der Waals surface area contributed by atoms with Gasteiger partial charge in [-0.05, 0) is 36.1 Å². The topological polar surface area (TPSA) is 72.2 Å². The predicted octanol–water partition coefficient (Wildman–Crippen LogP) is 4.61. The van der Waals surface area contributed by atoms with E-state index >= 15 is 0 Å². The molecule has 0 bridgehead atoms. The van der Waals surface area contributed by atoms with E-state index in [0.29, 0.717) is 11.0 Å². The highest BCUT2D eigenvalue weighted by Crippen LogP contribution is 2.30. The van der Waals surface area contributed by atoms with Crippen LogP contribution in [0.3, 0.4) is 0 Å². The van der Waals surface area contributed by atoms with Gasteiger partial charge in [0, 0.05) is 11.1 Å². The van der Waals surface area contributed by atoms with Crippen LogP contribution in [0, 0.1) is 6.92 Å². The van der Waals surface area contributed by atoms with Crippen LogP contribution in [-0.4, -0.2) is 31.2 Å². The molecule has 2 heterocycles.